The van der Waals surface area contributed by atoms with Crippen LogP contribution >= 0.6 is 0 Å². The summed E-state index contributed by atoms with van der Waals surface area (Å²) < 4.78 is 18.5. The molecule has 1 aliphatic rings. The Hall–Kier alpha value is -2.15. The number of ether oxygens (including phenoxy) is 1. The number of nitrogens with zero attached hydrogens (tertiary/aromatic N) is 2. The molecule has 0 saturated carbocycles. The van der Waals surface area contributed by atoms with Crippen molar-refractivity contribution in [1.82, 2.24) is 9.80 Å². The Kier molecular flexibility index (Phi) is 7.84. The Balaban J connectivity index is 1.70. The third-order valence-electron chi connectivity index (χ3n) is 4.66. The number of carbonyl (C=O) groups is 2. The van der Waals surface area contributed by atoms with Gasteiger partial charge in [0.25, 0.3) is 0 Å². The summed E-state index contributed by atoms with van der Waals surface area (Å²) in [6.07, 6.45) is 3.53. The molecular formula is C19H27FN2O4. The lowest BCUT2D eigenvalue weighted by molar-refractivity contribution is -0.138. The number of benzene rings is 1. The van der Waals surface area contributed by atoms with Crippen LogP contribution in [0.4, 0.5) is 4.39 Å². The third kappa shape index (κ3) is 6.63. The molecule has 1 heterocycles. The molecule has 1 saturated heterocycles. The van der Waals surface area contributed by atoms with Crippen molar-refractivity contribution in [3.63, 3.8) is 0 Å². The van der Waals surface area contributed by atoms with E-state index in [2.05, 4.69) is 0 Å². The molecule has 1 aromatic carbocycles. The molecule has 0 bridgehead atoms. The van der Waals surface area contributed by atoms with E-state index in [1.54, 1.807) is 12.1 Å². The van der Waals surface area contributed by atoms with Gasteiger partial charge in [-0.15, -0.1) is 0 Å². The average Bonchev–Trinajstić information content (AvgIpc) is 2.84. The van der Waals surface area contributed by atoms with Gasteiger partial charge >= 0.3 is 5.97 Å². The number of carboxylic acid groups (broad SMARTS) is 1. The van der Waals surface area contributed by atoms with Crippen LogP contribution < -0.4 is 4.74 Å². The lowest BCUT2D eigenvalue weighted by Gasteiger charge is -2.25. The van der Waals surface area contributed by atoms with E-state index in [1.807, 2.05) is 16.8 Å². The quantitative estimate of drug-likeness (QED) is 0.716. The number of amides is 1. The van der Waals surface area contributed by atoms with E-state index in [0.717, 1.165) is 19.3 Å². The summed E-state index contributed by atoms with van der Waals surface area (Å²) in [7, 11) is 1.82. The zero-order valence-electron chi connectivity index (χ0n) is 15.2. The predicted octanol–water partition coefficient (Wildman–Crippen LogP) is 2.38. The maximum atomic E-state index is 13.1. The third-order valence-corrected chi connectivity index (χ3v) is 4.66. The van der Waals surface area contributed by atoms with Gasteiger partial charge in [0, 0.05) is 31.6 Å². The fourth-order valence-electron chi connectivity index (χ4n) is 3.24. The number of carbonyl (C=O) groups excluding carboxylic acids is 1. The van der Waals surface area contributed by atoms with Crippen LogP contribution in [0.3, 0.4) is 0 Å². The zero-order valence-corrected chi connectivity index (χ0v) is 15.2. The predicted molar refractivity (Wildman–Crippen MR) is 95.6 cm³/mol. The molecule has 7 heteroatoms. The van der Waals surface area contributed by atoms with Gasteiger partial charge in [-0.1, -0.05) is 6.07 Å². The molecule has 0 radical (unpaired) electrons. The van der Waals surface area contributed by atoms with Crippen LogP contribution in [0.25, 0.3) is 0 Å². The lowest BCUT2D eigenvalue weighted by Crippen LogP contribution is -2.37. The Morgan fingerprint density at radius 2 is 2.15 bits per heavy atom. The maximum Gasteiger partial charge on any atom is 0.317 e. The maximum absolute atomic E-state index is 13.1. The highest BCUT2D eigenvalue weighted by molar-refractivity contribution is 5.76. The second-order valence-corrected chi connectivity index (χ2v) is 6.68. The number of hydrogen-bond acceptors (Lipinski definition) is 4. The van der Waals surface area contributed by atoms with Crippen molar-refractivity contribution < 1.29 is 23.8 Å². The van der Waals surface area contributed by atoms with E-state index in [1.165, 1.54) is 12.1 Å². The molecule has 0 aliphatic carbocycles. The molecule has 0 spiro atoms. The molecule has 26 heavy (non-hydrogen) atoms. The SMILES string of the molecule is CN(CC(=O)O)C1CCCN(C(=O)CCCOc2cccc(F)c2)CC1. The molecule has 1 unspecified atom stereocenters. The van der Waals surface area contributed by atoms with Gasteiger partial charge in [-0.3, -0.25) is 14.5 Å². The van der Waals surface area contributed by atoms with Crippen LogP contribution in [0.1, 0.15) is 32.1 Å². The van der Waals surface area contributed by atoms with Gasteiger partial charge in [0.1, 0.15) is 11.6 Å². The summed E-state index contributed by atoms with van der Waals surface area (Å²) in [6, 6.07) is 6.15. The van der Waals surface area contributed by atoms with E-state index >= 15 is 0 Å². The van der Waals surface area contributed by atoms with Crippen molar-refractivity contribution in [2.45, 2.75) is 38.1 Å². The van der Waals surface area contributed by atoms with Crippen LogP contribution in [0.2, 0.25) is 0 Å². The van der Waals surface area contributed by atoms with Crippen LogP contribution in [0.15, 0.2) is 24.3 Å². The first-order valence-corrected chi connectivity index (χ1v) is 9.04. The number of carboxylic acids is 1. The Labute approximate surface area is 153 Å². The fraction of sp³-hybridized carbons (Fsp3) is 0.579. The molecule has 2 rings (SSSR count). The van der Waals surface area contributed by atoms with Gasteiger partial charge in [0.05, 0.1) is 13.2 Å². The highest BCUT2D eigenvalue weighted by Crippen LogP contribution is 2.17. The molecule has 144 valence electrons. The van der Waals surface area contributed by atoms with E-state index in [-0.39, 0.29) is 24.3 Å². The Bertz CT molecular complexity index is 611. The van der Waals surface area contributed by atoms with Gasteiger partial charge in [0.15, 0.2) is 0 Å². The summed E-state index contributed by atoms with van der Waals surface area (Å²) in [4.78, 5) is 26.9. The number of rotatable bonds is 8. The topological polar surface area (TPSA) is 70.1 Å². The van der Waals surface area contributed by atoms with Crippen molar-refractivity contribution in [3.05, 3.63) is 30.1 Å². The first-order valence-electron chi connectivity index (χ1n) is 9.04. The van der Waals surface area contributed by atoms with Crippen molar-refractivity contribution in [2.75, 3.05) is 33.3 Å². The summed E-state index contributed by atoms with van der Waals surface area (Å²) in [5.41, 5.74) is 0. The molecule has 1 atom stereocenters. The van der Waals surface area contributed by atoms with E-state index in [9.17, 15) is 14.0 Å². The van der Waals surface area contributed by atoms with Crippen LogP contribution in [0.5, 0.6) is 5.75 Å². The number of halogens is 1. The molecule has 1 aromatic rings. The minimum absolute atomic E-state index is 0.0238. The molecule has 1 fully saturated rings. The van der Waals surface area contributed by atoms with Gasteiger partial charge in [-0.2, -0.15) is 0 Å². The molecule has 0 aromatic heterocycles. The summed E-state index contributed by atoms with van der Waals surface area (Å²) in [5, 5.41) is 8.90. The average molecular weight is 366 g/mol. The van der Waals surface area contributed by atoms with Crippen LogP contribution in [0, 0.1) is 5.82 Å². The number of hydrogen-bond donors (Lipinski definition) is 1. The highest BCUT2D eigenvalue weighted by Gasteiger charge is 2.23. The molecule has 1 aliphatic heterocycles. The highest BCUT2D eigenvalue weighted by atomic mass is 19.1. The Morgan fingerprint density at radius 3 is 2.88 bits per heavy atom. The van der Waals surface area contributed by atoms with Gasteiger partial charge in [-0.25, -0.2) is 4.39 Å². The molecule has 1 amide bonds. The smallest absolute Gasteiger partial charge is 0.317 e. The van der Waals surface area contributed by atoms with Crippen LogP contribution in [-0.4, -0.2) is 66.1 Å². The Morgan fingerprint density at radius 1 is 1.35 bits per heavy atom. The zero-order chi connectivity index (χ0) is 18.9. The van der Waals surface area contributed by atoms with Gasteiger partial charge in [-0.05, 0) is 44.9 Å². The van der Waals surface area contributed by atoms with E-state index in [4.69, 9.17) is 9.84 Å². The summed E-state index contributed by atoms with van der Waals surface area (Å²) in [6.45, 7) is 1.75. The minimum atomic E-state index is -0.831. The molecular weight excluding hydrogens is 339 g/mol. The van der Waals surface area contributed by atoms with E-state index < -0.39 is 5.97 Å². The summed E-state index contributed by atoms with van der Waals surface area (Å²) in [5.74, 6) is -0.612. The van der Waals surface area contributed by atoms with Gasteiger partial charge < -0.3 is 14.7 Å². The van der Waals surface area contributed by atoms with Crippen molar-refractivity contribution >= 4 is 11.9 Å². The molecule has 1 N–H and O–H groups in total. The fourth-order valence-corrected chi connectivity index (χ4v) is 3.24. The monoisotopic (exact) mass is 366 g/mol. The van der Waals surface area contributed by atoms with Crippen molar-refractivity contribution in [3.8, 4) is 5.75 Å². The number of aliphatic carboxylic acids is 1. The lowest BCUT2D eigenvalue weighted by atomic mass is 10.1. The molecule has 6 nitrogen and oxygen atoms in total. The normalized spacial score (nSPS) is 17.8. The second kappa shape index (κ2) is 10.1. The first-order chi connectivity index (χ1) is 12.5. The first kappa shape index (κ1) is 20.2. The largest absolute Gasteiger partial charge is 0.493 e. The summed E-state index contributed by atoms with van der Waals surface area (Å²) >= 11 is 0. The van der Waals surface area contributed by atoms with Gasteiger partial charge in [0.2, 0.25) is 5.91 Å². The van der Waals surface area contributed by atoms with E-state index in [0.29, 0.717) is 38.3 Å². The van der Waals surface area contributed by atoms with Crippen LogP contribution in [-0.2, 0) is 9.59 Å². The van der Waals surface area contributed by atoms with Crippen molar-refractivity contribution in [1.29, 1.82) is 0 Å². The number of likely N-dealkylation sites (tertiary alicyclic amines) is 1. The minimum Gasteiger partial charge on any atom is -0.493 e. The van der Waals surface area contributed by atoms with Crippen molar-refractivity contribution in [2.24, 2.45) is 0 Å². The number of likely N-dealkylation sites (N-methyl/N-ethyl adjacent to an activating group) is 1. The second-order valence-electron chi connectivity index (χ2n) is 6.68. The standard InChI is InChI=1S/C19H27FN2O4/c1-21(14-19(24)25)16-6-3-10-22(11-9-16)18(23)8-4-12-26-17-7-2-5-15(20)13-17/h2,5,7,13,16H,3-4,6,8-12,14H2,1H3,(H,24,25).